The van der Waals surface area contributed by atoms with E-state index < -0.39 is 6.04 Å². The zero-order chi connectivity index (χ0) is 20.8. The fourth-order valence-electron chi connectivity index (χ4n) is 4.01. The van der Waals surface area contributed by atoms with Gasteiger partial charge in [0.1, 0.15) is 5.76 Å². The van der Waals surface area contributed by atoms with E-state index in [-0.39, 0.29) is 23.6 Å². The van der Waals surface area contributed by atoms with Crippen LogP contribution >= 0.6 is 0 Å². The summed E-state index contributed by atoms with van der Waals surface area (Å²) in [5.74, 6) is 0.0930. The summed E-state index contributed by atoms with van der Waals surface area (Å²) in [4.78, 5) is 28.2. The maximum atomic E-state index is 13.3. The first-order valence-electron chi connectivity index (χ1n) is 10.4. The molecule has 0 spiro atoms. The third kappa shape index (κ3) is 4.64. The number of nitrogens with zero attached hydrogens (tertiary/aromatic N) is 1. The monoisotopic (exact) mass is 406 g/mol. The first-order valence-corrected chi connectivity index (χ1v) is 10.4. The Kier molecular flexibility index (Phi) is 6.32. The summed E-state index contributed by atoms with van der Waals surface area (Å²) < 4.78 is 11.0. The molecule has 1 N–H and O–H groups in total. The molecule has 1 aliphatic rings. The average Bonchev–Trinajstić information content (AvgIpc) is 3.55. The number of furan rings is 2. The van der Waals surface area contributed by atoms with Gasteiger partial charge in [0.15, 0.2) is 11.8 Å². The van der Waals surface area contributed by atoms with Gasteiger partial charge in [0.25, 0.3) is 11.8 Å². The number of hydrogen-bond donors (Lipinski definition) is 1. The molecule has 1 fully saturated rings. The molecule has 0 radical (unpaired) electrons. The normalized spacial score (nSPS) is 15.1. The van der Waals surface area contributed by atoms with Crippen LogP contribution in [0.25, 0.3) is 0 Å². The second-order valence-electron chi connectivity index (χ2n) is 7.62. The van der Waals surface area contributed by atoms with E-state index in [0.717, 1.165) is 31.2 Å². The Morgan fingerprint density at radius 3 is 2.37 bits per heavy atom. The SMILES string of the molecule is O=C(NC1CCCC1)[C@@H](c1ccco1)N(CCc1ccccc1)C(=O)c1ccco1. The number of hydrogen-bond acceptors (Lipinski definition) is 4. The number of amides is 2. The highest BCUT2D eigenvalue weighted by molar-refractivity contribution is 5.95. The zero-order valence-corrected chi connectivity index (χ0v) is 16.8. The van der Waals surface area contributed by atoms with Crippen molar-refractivity contribution in [2.24, 2.45) is 0 Å². The van der Waals surface area contributed by atoms with Gasteiger partial charge in [-0.3, -0.25) is 9.59 Å². The standard InChI is InChI=1S/C24H26N2O4/c27-23(25-19-10-4-5-11-19)22(20-12-6-16-29-20)26(24(28)21-13-7-17-30-21)15-14-18-8-2-1-3-9-18/h1-3,6-9,12-13,16-17,19,22H,4-5,10-11,14-15H2,(H,25,27)/t22-/m1/s1. The van der Waals surface area contributed by atoms with Crippen LogP contribution in [-0.2, 0) is 11.2 Å². The molecule has 2 heterocycles. The quantitative estimate of drug-likeness (QED) is 0.603. The van der Waals surface area contributed by atoms with Crippen LogP contribution in [0.3, 0.4) is 0 Å². The summed E-state index contributed by atoms with van der Waals surface area (Å²) in [5, 5.41) is 3.12. The predicted octanol–water partition coefficient (Wildman–Crippen LogP) is 4.36. The average molecular weight is 406 g/mol. The van der Waals surface area contributed by atoms with E-state index in [9.17, 15) is 9.59 Å². The number of nitrogens with one attached hydrogen (secondary N) is 1. The molecule has 6 heteroatoms. The highest BCUT2D eigenvalue weighted by atomic mass is 16.3. The molecule has 4 rings (SSSR count). The van der Waals surface area contributed by atoms with E-state index in [4.69, 9.17) is 8.83 Å². The summed E-state index contributed by atoms with van der Waals surface area (Å²) in [6.45, 7) is 0.354. The van der Waals surface area contributed by atoms with Gasteiger partial charge >= 0.3 is 0 Å². The van der Waals surface area contributed by atoms with Crippen LogP contribution in [0.15, 0.2) is 76.0 Å². The third-order valence-electron chi connectivity index (χ3n) is 5.55. The van der Waals surface area contributed by atoms with E-state index in [1.807, 2.05) is 30.3 Å². The highest BCUT2D eigenvalue weighted by Crippen LogP contribution is 2.26. The van der Waals surface area contributed by atoms with Gasteiger partial charge in [-0.05, 0) is 49.1 Å². The van der Waals surface area contributed by atoms with Gasteiger partial charge in [0.05, 0.1) is 12.5 Å². The van der Waals surface area contributed by atoms with Crippen LogP contribution in [0.5, 0.6) is 0 Å². The van der Waals surface area contributed by atoms with Crippen LogP contribution in [0.4, 0.5) is 0 Å². The van der Waals surface area contributed by atoms with Crippen LogP contribution in [0, 0.1) is 0 Å². The Morgan fingerprint density at radius 1 is 0.967 bits per heavy atom. The van der Waals surface area contributed by atoms with Gasteiger partial charge in [-0.15, -0.1) is 0 Å². The Labute approximate surface area is 175 Å². The number of rotatable bonds is 8. The number of carbonyl (C=O) groups is 2. The molecular formula is C24H26N2O4. The molecule has 1 aromatic carbocycles. The molecule has 0 aliphatic heterocycles. The lowest BCUT2D eigenvalue weighted by Crippen LogP contribution is -2.46. The van der Waals surface area contributed by atoms with Crippen LogP contribution < -0.4 is 5.32 Å². The summed E-state index contributed by atoms with van der Waals surface area (Å²) in [6.07, 6.45) is 7.75. The molecule has 2 aromatic heterocycles. The van der Waals surface area contributed by atoms with Crippen molar-refractivity contribution in [1.29, 1.82) is 0 Å². The van der Waals surface area contributed by atoms with E-state index >= 15 is 0 Å². The van der Waals surface area contributed by atoms with Crippen LogP contribution in [0.1, 0.15) is 53.6 Å². The van der Waals surface area contributed by atoms with Gasteiger partial charge < -0.3 is 19.1 Å². The fourth-order valence-corrected chi connectivity index (χ4v) is 4.01. The van der Waals surface area contributed by atoms with E-state index in [0.29, 0.717) is 18.7 Å². The summed E-state index contributed by atoms with van der Waals surface area (Å²) in [5.41, 5.74) is 1.09. The fraction of sp³-hybridized carbons (Fsp3) is 0.333. The molecule has 0 saturated heterocycles. The van der Waals surface area contributed by atoms with Crippen LogP contribution in [0.2, 0.25) is 0 Å². The van der Waals surface area contributed by atoms with Crippen molar-refractivity contribution >= 4 is 11.8 Å². The van der Waals surface area contributed by atoms with Crippen molar-refractivity contribution in [3.63, 3.8) is 0 Å². The van der Waals surface area contributed by atoms with Crippen molar-refractivity contribution in [1.82, 2.24) is 10.2 Å². The number of benzene rings is 1. The lowest BCUT2D eigenvalue weighted by atomic mass is 10.1. The lowest BCUT2D eigenvalue weighted by molar-refractivity contribution is -0.127. The maximum Gasteiger partial charge on any atom is 0.290 e. The molecule has 1 aliphatic carbocycles. The molecular weight excluding hydrogens is 380 g/mol. The van der Waals surface area contributed by atoms with Crippen LogP contribution in [-0.4, -0.2) is 29.3 Å². The molecule has 2 amide bonds. The molecule has 1 saturated carbocycles. The minimum atomic E-state index is -0.859. The zero-order valence-electron chi connectivity index (χ0n) is 16.8. The Bertz CT molecular complexity index is 929. The molecule has 1 atom stereocenters. The second kappa shape index (κ2) is 9.48. The largest absolute Gasteiger partial charge is 0.467 e. The van der Waals surface area contributed by atoms with E-state index in [2.05, 4.69) is 5.32 Å². The molecule has 0 bridgehead atoms. The Balaban J connectivity index is 1.62. The molecule has 3 aromatic rings. The minimum Gasteiger partial charge on any atom is -0.467 e. The first kappa shape index (κ1) is 20.0. The van der Waals surface area contributed by atoms with Crippen molar-refractivity contribution < 1.29 is 18.4 Å². The van der Waals surface area contributed by atoms with Crippen molar-refractivity contribution in [3.05, 3.63) is 84.2 Å². The van der Waals surface area contributed by atoms with Gasteiger partial charge in [0.2, 0.25) is 0 Å². The van der Waals surface area contributed by atoms with Crippen molar-refractivity contribution in [2.75, 3.05) is 6.54 Å². The minimum absolute atomic E-state index is 0.143. The molecule has 6 nitrogen and oxygen atoms in total. The van der Waals surface area contributed by atoms with E-state index in [1.54, 1.807) is 29.2 Å². The maximum absolute atomic E-state index is 13.3. The smallest absolute Gasteiger partial charge is 0.290 e. The van der Waals surface area contributed by atoms with Gasteiger partial charge in [-0.25, -0.2) is 0 Å². The molecule has 0 unspecified atom stereocenters. The predicted molar refractivity (Wildman–Crippen MR) is 112 cm³/mol. The van der Waals surface area contributed by atoms with Gasteiger partial charge in [-0.2, -0.15) is 0 Å². The topological polar surface area (TPSA) is 75.7 Å². The first-order chi connectivity index (χ1) is 14.7. The molecule has 30 heavy (non-hydrogen) atoms. The Morgan fingerprint density at radius 2 is 1.70 bits per heavy atom. The van der Waals surface area contributed by atoms with Crippen molar-refractivity contribution in [3.8, 4) is 0 Å². The highest BCUT2D eigenvalue weighted by Gasteiger charge is 2.36. The summed E-state index contributed by atoms with van der Waals surface area (Å²) >= 11 is 0. The Hall–Kier alpha value is -3.28. The summed E-state index contributed by atoms with van der Waals surface area (Å²) in [7, 11) is 0. The van der Waals surface area contributed by atoms with Gasteiger partial charge in [0, 0.05) is 12.6 Å². The van der Waals surface area contributed by atoms with E-state index in [1.165, 1.54) is 12.5 Å². The lowest BCUT2D eigenvalue weighted by Gasteiger charge is -2.30. The third-order valence-corrected chi connectivity index (χ3v) is 5.55. The summed E-state index contributed by atoms with van der Waals surface area (Å²) in [6, 6.07) is 15.9. The van der Waals surface area contributed by atoms with Gasteiger partial charge in [-0.1, -0.05) is 43.2 Å². The number of carbonyl (C=O) groups excluding carboxylic acids is 2. The second-order valence-corrected chi connectivity index (χ2v) is 7.62. The molecule has 156 valence electrons. The van der Waals surface area contributed by atoms with Crippen molar-refractivity contribution in [2.45, 2.75) is 44.2 Å².